The summed E-state index contributed by atoms with van der Waals surface area (Å²) in [5, 5.41) is 6.41. The number of benzene rings is 2. The Bertz CT molecular complexity index is 706. The number of ether oxygens (including phenoxy) is 1. The second-order valence-electron chi connectivity index (χ2n) is 6.94. The van der Waals surface area contributed by atoms with Gasteiger partial charge in [0.2, 0.25) is 5.91 Å². The first kappa shape index (κ1) is 18.5. The largest absolute Gasteiger partial charge is 0.497 e. The Morgan fingerprint density at radius 3 is 2.62 bits per heavy atom. The van der Waals surface area contributed by atoms with Crippen LogP contribution in [0.1, 0.15) is 31.2 Å². The van der Waals surface area contributed by atoms with Gasteiger partial charge in [0.15, 0.2) is 0 Å². The molecule has 0 aromatic heterocycles. The third-order valence-electron chi connectivity index (χ3n) is 5.09. The molecule has 0 saturated carbocycles. The third-order valence-corrected chi connectivity index (χ3v) is 5.09. The Labute approximate surface area is 156 Å². The maximum atomic E-state index is 12.1. The molecule has 2 N–H and O–H groups in total. The number of nitrogens with one attached hydrogen (secondary N) is 2. The Hall–Kier alpha value is -2.33. The molecule has 0 bridgehead atoms. The van der Waals surface area contributed by atoms with Crippen LogP contribution in [0.25, 0.3) is 11.1 Å². The fourth-order valence-electron chi connectivity index (χ4n) is 3.41. The van der Waals surface area contributed by atoms with Gasteiger partial charge in [0.1, 0.15) is 5.75 Å². The van der Waals surface area contributed by atoms with Crippen LogP contribution in [0.3, 0.4) is 0 Å². The highest BCUT2D eigenvalue weighted by Gasteiger charge is 2.14. The van der Waals surface area contributed by atoms with E-state index in [2.05, 4.69) is 41.0 Å². The van der Waals surface area contributed by atoms with E-state index in [1.54, 1.807) is 7.11 Å². The van der Waals surface area contributed by atoms with E-state index in [0.29, 0.717) is 18.9 Å². The standard InChI is InChI=1S/C22H28N2O2/c1-26-21-4-2-3-20(15-21)19-8-5-18(6-9-19)16-24-22(25)10-7-17-11-13-23-14-12-17/h2-6,8-9,15,17,23H,7,10-14,16H2,1H3,(H,24,25). The summed E-state index contributed by atoms with van der Waals surface area (Å²) in [6.07, 6.45) is 4.02. The molecule has 4 nitrogen and oxygen atoms in total. The Kier molecular flexibility index (Phi) is 6.67. The van der Waals surface area contributed by atoms with E-state index in [1.165, 1.54) is 12.8 Å². The van der Waals surface area contributed by atoms with E-state index in [1.807, 2.05) is 18.2 Å². The van der Waals surface area contributed by atoms with Crippen molar-refractivity contribution in [3.8, 4) is 16.9 Å². The fourth-order valence-corrected chi connectivity index (χ4v) is 3.41. The second kappa shape index (κ2) is 9.39. The summed E-state index contributed by atoms with van der Waals surface area (Å²) >= 11 is 0. The molecule has 1 amide bonds. The molecule has 4 heteroatoms. The number of piperidine rings is 1. The van der Waals surface area contributed by atoms with Gasteiger partial charge in [0.05, 0.1) is 7.11 Å². The highest BCUT2D eigenvalue weighted by Crippen LogP contribution is 2.24. The van der Waals surface area contributed by atoms with Crippen LogP contribution >= 0.6 is 0 Å². The SMILES string of the molecule is COc1cccc(-c2ccc(CNC(=O)CCC3CCNCC3)cc2)c1. The molecule has 2 aromatic rings. The summed E-state index contributed by atoms with van der Waals surface area (Å²) in [6, 6.07) is 16.3. The first-order chi connectivity index (χ1) is 12.7. The molecule has 1 saturated heterocycles. The van der Waals surface area contributed by atoms with Crippen molar-refractivity contribution < 1.29 is 9.53 Å². The average Bonchev–Trinajstić information content (AvgIpc) is 2.72. The lowest BCUT2D eigenvalue weighted by atomic mass is 9.93. The van der Waals surface area contributed by atoms with Gasteiger partial charge in [-0.3, -0.25) is 4.79 Å². The molecule has 2 aromatic carbocycles. The van der Waals surface area contributed by atoms with Gasteiger partial charge in [0, 0.05) is 13.0 Å². The monoisotopic (exact) mass is 352 g/mol. The van der Waals surface area contributed by atoms with Crippen molar-refractivity contribution in [3.05, 3.63) is 54.1 Å². The van der Waals surface area contributed by atoms with Crippen LogP contribution in [0.5, 0.6) is 5.75 Å². The number of hydrogen-bond donors (Lipinski definition) is 2. The van der Waals surface area contributed by atoms with Gasteiger partial charge in [-0.1, -0.05) is 36.4 Å². The van der Waals surface area contributed by atoms with Gasteiger partial charge in [0.25, 0.3) is 0 Å². The fraction of sp³-hybridized carbons (Fsp3) is 0.409. The van der Waals surface area contributed by atoms with Crippen LogP contribution in [0.2, 0.25) is 0 Å². The predicted octanol–water partition coefficient (Wildman–Crippen LogP) is 3.76. The normalized spacial score (nSPS) is 14.8. The molecule has 0 spiro atoms. The molecule has 3 rings (SSSR count). The van der Waals surface area contributed by atoms with Gasteiger partial charge in [-0.25, -0.2) is 0 Å². The minimum Gasteiger partial charge on any atom is -0.497 e. The molecular weight excluding hydrogens is 324 g/mol. The van der Waals surface area contributed by atoms with Crippen molar-refractivity contribution in [2.75, 3.05) is 20.2 Å². The molecule has 1 aliphatic heterocycles. The van der Waals surface area contributed by atoms with Crippen molar-refractivity contribution in [2.24, 2.45) is 5.92 Å². The van der Waals surface area contributed by atoms with Crippen molar-refractivity contribution in [1.82, 2.24) is 10.6 Å². The zero-order valence-corrected chi connectivity index (χ0v) is 15.5. The zero-order valence-electron chi connectivity index (χ0n) is 15.5. The number of hydrogen-bond acceptors (Lipinski definition) is 3. The van der Waals surface area contributed by atoms with Crippen LogP contribution < -0.4 is 15.4 Å². The van der Waals surface area contributed by atoms with Gasteiger partial charge < -0.3 is 15.4 Å². The minimum absolute atomic E-state index is 0.153. The zero-order chi connectivity index (χ0) is 18.2. The summed E-state index contributed by atoms with van der Waals surface area (Å²) in [5.74, 6) is 1.71. The summed E-state index contributed by atoms with van der Waals surface area (Å²) in [4.78, 5) is 12.1. The van der Waals surface area contributed by atoms with Gasteiger partial charge >= 0.3 is 0 Å². The molecular formula is C22H28N2O2. The molecule has 1 fully saturated rings. The number of methoxy groups -OCH3 is 1. The molecule has 0 radical (unpaired) electrons. The van der Waals surface area contributed by atoms with E-state index in [9.17, 15) is 4.79 Å². The second-order valence-corrected chi connectivity index (χ2v) is 6.94. The smallest absolute Gasteiger partial charge is 0.220 e. The number of rotatable bonds is 7. The van der Waals surface area contributed by atoms with Crippen LogP contribution in [-0.4, -0.2) is 26.1 Å². The minimum atomic E-state index is 0.153. The van der Waals surface area contributed by atoms with Crippen molar-refractivity contribution in [3.63, 3.8) is 0 Å². The molecule has 1 heterocycles. The van der Waals surface area contributed by atoms with E-state index in [-0.39, 0.29) is 5.91 Å². The topological polar surface area (TPSA) is 50.4 Å². The van der Waals surface area contributed by atoms with E-state index >= 15 is 0 Å². The lowest BCUT2D eigenvalue weighted by Gasteiger charge is -2.22. The third kappa shape index (κ3) is 5.33. The predicted molar refractivity (Wildman–Crippen MR) is 105 cm³/mol. The number of amides is 1. The van der Waals surface area contributed by atoms with Crippen molar-refractivity contribution in [1.29, 1.82) is 0 Å². The molecule has 0 aliphatic carbocycles. The Balaban J connectivity index is 1.47. The summed E-state index contributed by atoms with van der Waals surface area (Å²) < 4.78 is 5.28. The Morgan fingerprint density at radius 2 is 1.88 bits per heavy atom. The van der Waals surface area contributed by atoms with Gasteiger partial charge in [-0.15, -0.1) is 0 Å². The number of carbonyl (C=O) groups excluding carboxylic acids is 1. The van der Waals surface area contributed by atoms with Gasteiger partial charge in [-0.2, -0.15) is 0 Å². The highest BCUT2D eigenvalue weighted by atomic mass is 16.5. The highest BCUT2D eigenvalue weighted by molar-refractivity contribution is 5.75. The lowest BCUT2D eigenvalue weighted by Crippen LogP contribution is -2.29. The summed E-state index contributed by atoms with van der Waals surface area (Å²) in [7, 11) is 1.68. The maximum absolute atomic E-state index is 12.1. The average molecular weight is 352 g/mol. The summed E-state index contributed by atoms with van der Waals surface area (Å²) in [5.41, 5.74) is 3.39. The van der Waals surface area contributed by atoms with Crippen molar-refractivity contribution in [2.45, 2.75) is 32.2 Å². The van der Waals surface area contributed by atoms with Crippen LogP contribution in [0, 0.1) is 5.92 Å². The Morgan fingerprint density at radius 1 is 1.12 bits per heavy atom. The van der Waals surface area contributed by atoms with E-state index < -0.39 is 0 Å². The van der Waals surface area contributed by atoms with Gasteiger partial charge in [-0.05, 0) is 67.1 Å². The molecule has 0 unspecified atom stereocenters. The molecule has 0 atom stereocenters. The maximum Gasteiger partial charge on any atom is 0.220 e. The van der Waals surface area contributed by atoms with Crippen LogP contribution in [0.15, 0.2) is 48.5 Å². The number of carbonyl (C=O) groups is 1. The lowest BCUT2D eigenvalue weighted by molar-refractivity contribution is -0.121. The van der Waals surface area contributed by atoms with E-state index in [4.69, 9.17) is 4.74 Å². The quantitative estimate of drug-likeness (QED) is 0.798. The first-order valence-corrected chi connectivity index (χ1v) is 9.45. The van der Waals surface area contributed by atoms with Crippen LogP contribution in [-0.2, 0) is 11.3 Å². The molecule has 138 valence electrons. The van der Waals surface area contributed by atoms with Crippen LogP contribution in [0.4, 0.5) is 0 Å². The molecule has 26 heavy (non-hydrogen) atoms. The van der Waals surface area contributed by atoms with E-state index in [0.717, 1.165) is 42.0 Å². The summed E-state index contributed by atoms with van der Waals surface area (Å²) in [6.45, 7) is 2.77. The molecule has 1 aliphatic rings. The first-order valence-electron chi connectivity index (χ1n) is 9.45. The van der Waals surface area contributed by atoms with Crippen molar-refractivity contribution >= 4 is 5.91 Å².